The van der Waals surface area contributed by atoms with Gasteiger partial charge in [-0.05, 0) is 0 Å². The number of hydrogen-bond donors (Lipinski definition) is 3. The molecule has 0 aromatic heterocycles. The predicted octanol–water partition coefficient (Wildman–Crippen LogP) is -3.88. The van der Waals surface area contributed by atoms with Crippen LogP contribution in [-0.2, 0) is 0 Å². The fraction of sp³-hybridized carbons (Fsp3) is 0. The molecule has 0 amide bonds. The van der Waals surface area contributed by atoms with Gasteiger partial charge >= 0.3 is 102 Å². The maximum atomic E-state index is 7.17. The molecule has 7 heteroatoms. The molecule has 39 valence electrons. The average molecular weight is 443 g/mol. The van der Waals surface area contributed by atoms with E-state index in [9.17, 15) is 0 Å². The molecule has 0 bridgehead atoms. The zero-order chi connectivity index (χ0) is 3.58. The first-order valence-electron chi connectivity index (χ1n) is 0.775. The van der Waals surface area contributed by atoms with E-state index < -0.39 is 7.32 Å². The summed E-state index contributed by atoms with van der Waals surface area (Å²) in [6.45, 7) is 0. The molecule has 0 fully saturated rings. The summed E-state index contributed by atoms with van der Waals surface area (Å²) in [7, 11) is -2.17. The van der Waals surface area contributed by atoms with Gasteiger partial charge in [0.2, 0.25) is 0 Å². The first-order chi connectivity index (χ1) is 1.73. The maximum absolute atomic E-state index is 7.17. The molecule has 0 spiro atoms. The van der Waals surface area contributed by atoms with E-state index in [0.717, 1.165) is 0 Å². The third kappa shape index (κ3) is 37.1. The monoisotopic (exact) mass is 445 g/mol. The molecule has 0 atom stereocenters. The minimum atomic E-state index is -2.17. The van der Waals surface area contributed by atoms with Crippen LogP contribution in [0.4, 0.5) is 0 Å². The van der Waals surface area contributed by atoms with Crippen LogP contribution >= 0.6 is 0 Å². The van der Waals surface area contributed by atoms with E-state index in [2.05, 4.69) is 0 Å². The van der Waals surface area contributed by atoms with Gasteiger partial charge in [-0.15, -0.1) is 0 Å². The topological polar surface area (TPSA) is 60.7 Å². The Labute approximate surface area is 161 Å². The fourth-order valence-corrected chi connectivity index (χ4v) is 0. The van der Waals surface area contributed by atoms with E-state index in [-0.39, 0.29) is 144 Å². The van der Waals surface area contributed by atoms with E-state index in [1.807, 2.05) is 0 Å². The summed E-state index contributed by atoms with van der Waals surface area (Å²) in [5.74, 6) is 0. The third-order valence-electron chi connectivity index (χ3n) is 0. The summed E-state index contributed by atoms with van der Waals surface area (Å²) < 4.78 is 0. The molecule has 3 N–H and O–H groups in total. The molecule has 0 aromatic rings. The van der Waals surface area contributed by atoms with Gasteiger partial charge in [-0.1, -0.05) is 0 Å². The summed E-state index contributed by atoms with van der Waals surface area (Å²) in [5.41, 5.74) is 0. The van der Waals surface area contributed by atoms with Gasteiger partial charge in [-0.25, -0.2) is 0 Å². The van der Waals surface area contributed by atoms with E-state index in [0.29, 0.717) is 0 Å². The summed E-state index contributed by atoms with van der Waals surface area (Å²) in [6.07, 6.45) is 0. The minimum absolute atomic E-state index is 0. The predicted molar refractivity (Wildman–Crippen MR) is 29.5 cm³/mol. The molecular weight excluding hydrogens is 436 g/mol. The Morgan fingerprint density at radius 1 is 1.00 bits per heavy atom. The zero-order valence-electron chi connectivity index (χ0n) is 2.30. The first-order valence-corrected chi connectivity index (χ1v) is 0.775. The molecular formula is H7BBaEuO3Sr. The van der Waals surface area contributed by atoms with Crippen molar-refractivity contribution in [1.29, 1.82) is 0 Å². The molecule has 3 nitrogen and oxygen atoms in total. The van der Waals surface area contributed by atoms with E-state index >= 15 is 0 Å². The second-order valence-electron chi connectivity index (χ2n) is 0.346. The molecule has 0 aliphatic heterocycles. The molecule has 0 saturated heterocycles. The Morgan fingerprint density at radius 2 is 1.00 bits per heavy atom. The van der Waals surface area contributed by atoms with Crippen molar-refractivity contribution in [1.82, 2.24) is 0 Å². The van der Waals surface area contributed by atoms with Crippen LogP contribution in [0.15, 0.2) is 0 Å². The Bertz CT molecular complexity index is 19.7. The third-order valence-corrected chi connectivity index (χ3v) is 0. The second-order valence-corrected chi connectivity index (χ2v) is 0.346. The van der Waals surface area contributed by atoms with Crippen LogP contribution in [0.3, 0.4) is 0 Å². The van der Waals surface area contributed by atoms with Crippen molar-refractivity contribution in [3.8, 4) is 0 Å². The summed E-state index contributed by atoms with van der Waals surface area (Å²) in [5, 5.41) is 21.5. The van der Waals surface area contributed by atoms with Crippen molar-refractivity contribution >= 4 is 102 Å². The molecule has 1 radical (unpaired) electrons. The quantitative estimate of drug-likeness (QED) is 0.336. The van der Waals surface area contributed by atoms with Crippen molar-refractivity contribution in [2.24, 2.45) is 0 Å². The SMILES string of the molecule is OB(O)O.[BaH2].[Eu].[SrH2]. The van der Waals surface area contributed by atoms with Crippen molar-refractivity contribution in [2.75, 3.05) is 0 Å². The van der Waals surface area contributed by atoms with Gasteiger partial charge in [0, 0.05) is 49.4 Å². The second kappa shape index (κ2) is 16.9. The Balaban J connectivity index is -0.0000000150. The van der Waals surface area contributed by atoms with Gasteiger partial charge in [0.1, 0.15) is 0 Å². The van der Waals surface area contributed by atoms with Gasteiger partial charge in [0.25, 0.3) is 0 Å². The average Bonchev–Trinajstić information content (AvgIpc) is 0.811. The van der Waals surface area contributed by atoms with Crippen molar-refractivity contribution in [2.45, 2.75) is 0 Å². The molecule has 0 heterocycles. The van der Waals surface area contributed by atoms with Crippen LogP contribution in [0.25, 0.3) is 0 Å². The summed E-state index contributed by atoms with van der Waals surface area (Å²) in [4.78, 5) is 0. The van der Waals surface area contributed by atoms with Gasteiger partial charge in [0.05, 0.1) is 0 Å². The van der Waals surface area contributed by atoms with Crippen LogP contribution < -0.4 is 0 Å². The molecule has 0 unspecified atom stereocenters. The Morgan fingerprint density at radius 3 is 1.00 bits per heavy atom. The molecule has 0 aromatic carbocycles. The van der Waals surface area contributed by atoms with Crippen LogP contribution in [0.2, 0.25) is 0 Å². The van der Waals surface area contributed by atoms with Crippen molar-refractivity contribution < 1.29 is 64.4 Å². The van der Waals surface area contributed by atoms with Crippen LogP contribution in [-0.4, -0.2) is 117 Å². The zero-order valence-corrected chi connectivity index (χ0v) is 4.72. The van der Waals surface area contributed by atoms with Crippen LogP contribution in [0.1, 0.15) is 0 Å². The first kappa shape index (κ1) is 22.6. The van der Waals surface area contributed by atoms with Gasteiger partial charge in [0.15, 0.2) is 0 Å². The normalized spacial score (nSPS) is 3.86. The van der Waals surface area contributed by atoms with E-state index in [1.54, 1.807) is 0 Å². The van der Waals surface area contributed by atoms with Crippen molar-refractivity contribution in [3.63, 3.8) is 0 Å². The molecule has 7 heavy (non-hydrogen) atoms. The van der Waals surface area contributed by atoms with Gasteiger partial charge < -0.3 is 15.1 Å². The molecule has 0 rings (SSSR count). The summed E-state index contributed by atoms with van der Waals surface area (Å²) >= 11 is 0. The standard InChI is InChI=1S/BH3O3.Ba.Eu.Sr.4H/c2-1(3)4;;;;;;;/h2-4H;;;;;;;. The van der Waals surface area contributed by atoms with Gasteiger partial charge in [-0.3, -0.25) is 0 Å². The van der Waals surface area contributed by atoms with E-state index in [1.165, 1.54) is 0 Å². The van der Waals surface area contributed by atoms with E-state index in [4.69, 9.17) is 15.1 Å². The van der Waals surface area contributed by atoms with Gasteiger partial charge in [-0.2, -0.15) is 0 Å². The number of hydrogen-bond acceptors (Lipinski definition) is 3. The van der Waals surface area contributed by atoms with Crippen molar-refractivity contribution in [3.05, 3.63) is 0 Å². The molecule has 0 saturated carbocycles. The van der Waals surface area contributed by atoms with Crippen LogP contribution in [0, 0.1) is 49.4 Å². The Hall–Kier alpha value is 4.58. The fourth-order valence-electron chi connectivity index (χ4n) is 0. The number of rotatable bonds is 0. The molecule has 0 aliphatic rings. The van der Waals surface area contributed by atoms with Crippen LogP contribution in [0.5, 0.6) is 0 Å². The summed E-state index contributed by atoms with van der Waals surface area (Å²) in [6, 6.07) is 0. The molecule has 0 aliphatic carbocycles. The Kier molecular flexibility index (Phi) is 54.5.